The lowest BCUT2D eigenvalue weighted by Gasteiger charge is -1.97. The van der Waals surface area contributed by atoms with E-state index in [1.807, 2.05) is 12.3 Å². The number of hydrogen-bond donors (Lipinski definition) is 0. The summed E-state index contributed by atoms with van der Waals surface area (Å²) >= 11 is 10.6. The van der Waals surface area contributed by atoms with Gasteiger partial charge in [-0.05, 0) is 17.9 Å². The average molecular weight is 290 g/mol. The zero-order valence-electron chi connectivity index (χ0n) is 8.38. The van der Waals surface area contributed by atoms with Gasteiger partial charge >= 0.3 is 0 Å². The second-order valence-corrected chi connectivity index (χ2v) is 6.46. The van der Waals surface area contributed by atoms with Crippen molar-refractivity contribution < 1.29 is 0 Å². The van der Waals surface area contributed by atoms with Crippen LogP contribution in [0.25, 0.3) is 0 Å². The number of thioether (sulfide) groups is 2. The first-order chi connectivity index (χ1) is 7.78. The summed E-state index contributed by atoms with van der Waals surface area (Å²) in [5, 5.41) is 8.64. The molecule has 0 amide bonds. The first-order valence-corrected chi connectivity index (χ1v) is 7.79. The highest BCUT2D eigenvalue weighted by atomic mass is 35.5. The van der Waals surface area contributed by atoms with Crippen LogP contribution in [0.3, 0.4) is 0 Å². The van der Waals surface area contributed by atoms with Gasteiger partial charge in [-0.15, -0.1) is 10.2 Å². The second kappa shape index (κ2) is 5.86. The summed E-state index contributed by atoms with van der Waals surface area (Å²) in [4.78, 5) is 4.03. The van der Waals surface area contributed by atoms with Crippen molar-refractivity contribution in [2.24, 2.45) is 0 Å². The highest BCUT2D eigenvalue weighted by Crippen LogP contribution is 2.29. The molecule has 0 radical (unpaired) electrons. The van der Waals surface area contributed by atoms with E-state index in [1.165, 1.54) is 0 Å². The van der Waals surface area contributed by atoms with E-state index >= 15 is 0 Å². The fourth-order valence-corrected chi connectivity index (χ4v) is 3.46. The van der Waals surface area contributed by atoms with Crippen LogP contribution in [0.4, 0.5) is 0 Å². The first kappa shape index (κ1) is 12.2. The molecule has 0 N–H and O–H groups in total. The molecule has 2 rings (SSSR count). The first-order valence-electron chi connectivity index (χ1n) is 4.38. The monoisotopic (exact) mass is 289 g/mol. The Kier molecular flexibility index (Phi) is 4.45. The highest BCUT2D eigenvalue weighted by Gasteiger charge is 2.04. The summed E-state index contributed by atoms with van der Waals surface area (Å²) in [7, 11) is 0. The molecule has 16 heavy (non-hydrogen) atoms. The molecule has 0 aliphatic rings. The van der Waals surface area contributed by atoms with Crippen molar-refractivity contribution in [2.45, 2.75) is 14.4 Å². The molecule has 2 aromatic heterocycles. The molecular weight excluding hydrogens is 282 g/mol. The number of aromatic nitrogens is 3. The smallest absolute Gasteiger partial charge is 0.175 e. The maximum atomic E-state index is 5.71. The summed E-state index contributed by atoms with van der Waals surface area (Å²) in [5.41, 5.74) is 1.13. The zero-order valence-corrected chi connectivity index (χ0v) is 11.6. The molecule has 84 valence electrons. The van der Waals surface area contributed by atoms with Crippen LogP contribution in [0.15, 0.2) is 27.0 Å². The molecule has 2 aromatic rings. The van der Waals surface area contributed by atoms with E-state index < -0.39 is 0 Å². The molecule has 0 aromatic carbocycles. The van der Waals surface area contributed by atoms with E-state index in [0.717, 1.165) is 20.0 Å². The van der Waals surface area contributed by atoms with Gasteiger partial charge in [0.2, 0.25) is 0 Å². The van der Waals surface area contributed by atoms with Crippen molar-refractivity contribution in [1.29, 1.82) is 0 Å². The van der Waals surface area contributed by atoms with Crippen LogP contribution in [0.2, 0.25) is 5.15 Å². The van der Waals surface area contributed by atoms with Gasteiger partial charge in [0.15, 0.2) is 8.68 Å². The van der Waals surface area contributed by atoms with Gasteiger partial charge in [-0.1, -0.05) is 52.5 Å². The van der Waals surface area contributed by atoms with Gasteiger partial charge in [-0.3, -0.25) is 0 Å². The average Bonchev–Trinajstić information content (AvgIpc) is 2.76. The Labute approximate surface area is 111 Å². The van der Waals surface area contributed by atoms with Crippen molar-refractivity contribution in [3.8, 4) is 0 Å². The van der Waals surface area contributed by atoms with Gasteiger partial charge in [0.25, 0.3) is 0 Å². The minimum Gasteiger partial charge on any atom is -0.244 e. The van der Waals surface area contributed by atoms with Crippen LogP contribution in [-0.4, -0.2) is 21.4 Å². The number of nitrogens with zero attached hydrogens (tertiary/aromatic N) is 3. The highest BCUT2D eigenvalue weighted by molar-refractivity contribution is 8.02. The van der Waals surface area contributed by atoms with Crippen molar-refractivity contribution in [2.75, 3.05) is 6.26 Å². The maximum absolute atomic E-state index is 5.71. The molecule has 0 aliphatic carbocycles. The second-order valence-electron chi connectivity index (χ2n) is 2.82. The molecule has 0 unspecified atom stereocenters. The zero-order chi connectivity index (χ0) is 11.4. The van der Waals surface area contributed by atoms with Gasteiger partial charge in [-0.25, -0.2) is 4.98 Å². The van der Waals surface area contributed by atoms with Crippen LogP contribution in [0.1, 0.15) is 5.56 Å². The summed E-state index contributed by atoms with van der Waals surface area (Å²) in [6.45, 7) is 0. The van der Waals surface area contributed by atoms with E-state index in [9.17, 15) is 0 Å². The lowest BCUT2D eigenvalue weighted by atomic mass is 10.3. The summed E-state index contributed by atoms with van der Waals surface area (Å²) in [6.07, 6.45) is 3.78. The van der Waals surface area contributed by atoms with Crippen LogP contribution >= 0.6 is 46.5 Å². The lowest BCUT2D eigenvalue weighted by molar-refractivity contribution is 0.955. The molecule has 0 atom stereocenters. The largest absolute Gasteiger partial charge is 0.244 e. The van der Waals surface area contributed by atoms with Crippen molar-refractivity contribution >= 4 is 46.5 Å². The van der Waals surface area contributed by atoms with Crippen molar-refractivity contribution in [3.05, 3.63) is 29.0 Å². The van der Waals surface area contributed by atoms with Crippen molar-refractivity contribution in [3.63, 3.8) is 0 Å². The number of hydrogen-bond acceptors (Lipinski definition) is 6. The molecule has 3 nitrogen and oxygen atoms in total. The SMILES string of the molecule is CSc1nnc(SCc2ccc(Cl)nc2)s1. The third kappa shape index (κ3) is 3.35. The molecule has 0 aliphatic heterocycles. The molecule has 0 saturated carbocycles. The number of rotatable bonds is 4. The Morgan fingerprint density at radius 1 is 1.31 bits per heavy atom. The Hall–Kier alpha value is -0.300. The Morgan fingerprint density at radius 3 is 2.75 bits per heavy atom. The van der Waals surface area contributed by atoms with Crippen molar-refractivity contribution in [1.82, 2.24) is 15.2 Å². The molecule has 0 spiro atoms. The number of halogens is 1. The molecular formula is C9H8ClN3S3. The van der Waals surface area contributed by atoms with Crippen LogP contribution < -0.4 is 0 Å². The Balaban J connectivity index is 1.94. The van der Waals surface area contributed by atoms with Gasteiger partial charge < -0.3 is 0 Å². The minimum atomic E-state index is 0.523. The summed E-state index contributed by atoms with van der Waals surface area (Å²) < 4.78 is 1.98. The van der Waals surface area contributed by atoms with E-state index in [1.54, 1.807) is 47.1 Å². The van der Waals surface area contributed by atoms with E-state index in [2.05, 4.69) is 15.2 Å². The molecule has 0 fully saturated rings. The molecule has 0 bridgehead atoms. The summed E-state index contributed by atoms with van der Waals surface area (Å²) in [6, 6.07) is 3.77. The third-order valence-electron chi connectivity index (χ3n) is 1.71. The standard InChI is InChI=1S/C9H8ClN3S3/c1-14-8-12-13-9(16-8)15-5-6-2-3-7(10)11-4-6/h2-4H,5H2,1H3. The predicted octanol–water partition coefficient (Wildman–Crippen LogP) is 3.60. The summed E-state index contributed by atoms with van der Waals surface area (Å²) in [5.74, 6) is 0.840. The lowest BCUT2D eigenvalue weighted by Crippen LogP contribution is -1.82. The number of pyridine rings is 1. The topological polar surface area (TPSA) is 38.7 Å². The third-order valence-corrected chi connectivity index (χ3v) is 5.04. The van der Waals surface area contributed by atoms with E-state index in [-0.39, 0.29) is 0 Å². The van der Waals surface area contributed by atoms with Gasteiger partial charge in [0, 0.05) is 11.9 Å². The van der Waals surface area contributed by atoms with Gasteiger partial charge in [-0.2, -0.15) is 0 Å². The van der Waals surface area contributed by atoms with Gasteiger partial charge in [0.05, 0.1) is 0 Å². The van der Waals surface area contributed by atoms with E-state index in [0.29, 0.717) is 5.15 Å². The van der Waals surface area contributed by atoms with E-state index in [4.69, 9.17) is 11.6 Å². The van der Waals surface area contributed by atoms with Crippen LogP contribution in [-0.2, 0) is 5.75 Å². The molecule has 7 heteroatoms. The predicted molar refractivity (Wildman–Crippen MR) is 70.5 cm³/mol. The quantitative estimate of drug-likeness (QED) is 0.635. The minimum absolute atomic E-state index is 0.523. The van der Waals surface area contributed by atoms with Gasteiger partial charge in [0.1, 0.15) is 5.15 Å². The maximum Gasteiger partial charge on any atom is 0.175 e. The fraction of sp³-hybridized carbons (Fsp3) is 0.222. The Bertz CT molecular complexity index is 457. The normalized spacial score (nSPS) is 10.6. The molecule has 2 heterocycles. The van der Waals surface area contributed by atoms with Crippen LogP contribution in [0, 0.1) is 0 Å². The van der Waals surface area contributed by atoms with Crippen LogP contribution in [0.5, 0.6) is 0 Å². The Morgan fingerprint density at radius 2 is 2.12 bits per heavy atom. The fourth-order valence-electron chi connectivity index (χ4n) is 0.975. The molecule has 0 saturated heterocycles.